The van der Waals surface area contributed by atoms with Crippen LogP contribution in [0.1, 0.15) is 39.1 Å². The van der Waals surface area contributed by atoms with Crippen molar-refractivity contribution in [3.8, 4) is 11.5 Å². The van der Waals surface area contributed by atoms with Gasteiger partial charge in [0.2, 0.25) is 4.77 Å². The number of H-pyrrole nitrogens is 1. The Kier molecular flexibility index (Phi) is 5.92. The van der Waals surface area contributed by atoms with E-state index in [0.717, 1.165) is 23.6 Å². The molecule has 2 aromatic rings. The van der Waals surface area contributed by atoms with Crippen molar-refractivity contribution in [2.75, 3.05) is 6.61 Å². The van der Waals surface area contributed by atoms with Crippen molar-refractivity contribution in [2.24, 2.45) is 5.10 Å². The predicted octanol–water partition coefficient (Wildman–Crippen LogP) is 3.57. The second kappa shape index (κ2) is 7.92. The Morgan fingerprint density at radius 3 is 2.78 bits per heavy atom. The fourth-order valence-electron chi connectivity index (χ4n) is 2.02. The minimum absolute atomic E-state index is 0.0881. The predicted molar refractivity (Wildman–Crippen MR) is 93.2 cm³/mol. The van der Waals surface area contributed by atoms with Crippen LogP contribution in [-0.2, 0) is 6.42 Å². The molecule has 0 aliphatic heterocycles. The maximum atomic E-state index is 5.75. The smallest absolute Gasteiger partial charge is 0.216 e. The maximum Gasteiger partial charge on any atom is 0.216 e. The summed E-state index contributed by atoms with van der Waals surface area (Å²) in [6.07, 6.45) is 2.56. The molecule has 2 rings (SSSR count). The van der Waals surface area contributed by atoms with Gasteiger partial charge in [-0.3, -0.25) is 5.10 Å². The number of ether oxygens (including phenoxy) is 2. The summed E-state index contributed by atoms with van der Waals surface area (Å²) in [5.74, 6) is 2.22. The molecule has 6 nitrogen and oxygen atoms in total. The van der Waals surface area contributed by atoms with Crippen LogP contribution in [0.15, 0.2) is 23.3 Å². The average Bonchev–Trinajstić information content (AvgIpc) is 2.87. The van der Waals surface area contributed by atoms with E-state index in [4.69, 9.17) is 21.7 Å². The number of benzene rings is 1. The summed E-state index contributed by atoms with van der Waals surface area (Å²) in [6, 6.07) is 5.72. The lowest BCUT2D eigenvalue weighted by Gasteiger charge is -2.14. The Hall–Kier alpha value is -2.15. The highest BCUT2D eigenvalue weighted by Crippen LogP contribution is 2.29. The number of hydrogen-bond acceptors (Lipinski definition) is 5. The average molecular weight is 334 g/mol. The van der Waals surface area contributed by atoms with Crippen molar-refractivity contribution in [1.29, 1.82) is 0 Å². The maximum absolute atomic E-state index is 5.75. The minimum atomic E-state index is 0.0881. The SMILES string of the molecule is CCOc1cc(/C=N\n2c(CC)n[nH]c2=S)ccc1OC(C)C. The lowest BCUT2D eigenvalue weighted by atomic mass is 10.2. The Bertz CT molecular complexity index is 734. The molecule has 0 unspecified atom stereocenters. The van der Waals surface area contributed by atoms with E-state index in [0.29, 0.717) is 17.1 Å². The minimum Gasteiger partial charge on any atom is -0.490 e. The van der Waals surface area contributed by atoms with E-state index in [-0.39, 0.29) is 6.10 Å². The van der Waals surface area contributed by atoms with E-state index < -0.39 is 0 Å². The lowest BCUT2D eigenvalue weighted by molar-refractivity contribution is 0.224. The lowest BCUT2D eigenvalue weighted by Crippen LogP contribution is -2.07. The molecule has 1 aromatic heterocycles. The second-order valence-electron chi connectivity index (χ2n) is 5.16. The van der Waals surface area contributed by atoms with Gasteiger partial charge in [0.05, 0.1) is 18.9 Å². The third kappa shape index (κ3) is 4.41. The first-order valence-corrected chi connectivity index (χ1v) is 8.10. The molecule has 0 radical (unpaired) electrons. The Morgan fingerprint density at radius 1 is 1.35 bits per heavy atom. The van der Waals surface area contributed by atoms with E-state index in [1.807, 2.05) is 45.9 Å². The molecule has 7 heteroatoms. The van der Waals surface area contributed by atoms with E-state index in [9.17, 15) is 0 Å². The molecule has 23 heavy (non-hydrogen) atoms. The zero-order valence-electron chi connectivity index (χ0n) is 13.9. The molecule has 0 atom stereocenters. The van der Waals surface area contributed by atoms with E-state index in [2.05, 4.69) is 15.3 Å². The van der Waals surface area contributed by atoms with Crippen molar-refractivity contribution < 1.29 is 9.47 Å². The highest BCUT2D eigenvalue weighted by molar-refractivity contribution is 7.71. The number of nitrogens with one attached hydrogen (secondary N) is 1. The Morgan fingerprint density at radius 2 is 2.13 bits per heavy atom. The molecule has 1 heterocycles. The number of aromatic amines is 1. The number of hydrogen-bond donors (Lipinski definition) is 1. The molecular formula is C16H22N4O2S. The van der Waals surface area contributed by atoms with Crippen molar-refractivity contribution >= 4 is 18.4 Å². The van der Waals surface area contributed by atoms with Crippen molar-refractivity contribution in [3.05, 3.63) is 34.4 Å². The van der Waals surface area contributed by atoms with Crippen molar-refractivity contribution in [2.45, 2.75) is 40.2 Å². The fraction of sp³-hybridized carbons (Fsp3) is 0.438. The van der Waals surface area contributed by atoms with Crippen LogP contribution in [0, 0.1) is 4.77 Å². The number of rotatable bonds is 7. The van der Waals surface area contributed by atoms with Crippen LogP contribution in [0.3, 0.4) is 0 Å². The van der Waals surface area contributed by atoms with Gasteiger partial charge in [-0.1, -0.05) is 6.92 Å². The summed E-state index contributed by atoms with van der Waals surface area (Å²) in [5.41, 5.74) is 0.898. The van der Waals surface area contributed by atoms with Crippen LogP contribution >= 0.6 is 12.2 Å². The molecule has 0 saturated carbocycles. The van der Waals surface area contributed by atoms with E-state index in [1.54, 1.807) is 10.9 Å². The summed E-state index contributed by atoms with van der Waals surface area (Å²) in [6.45, 7) is 8.48. The third-order valence-electron chi connectivity index (χ3n) is 2.99. The molecule has 0 fully saturated rings. The zero-order chi connectivity index (χ0) is 16.8. The van der Waals surface area contributed by atoms with E-state index >= 15 is 0 Å². The monoisotopic (exact) mass is 334 g/mol. The highest BCUT2D eigenvalue weighted by atomic mass is 32.1. The first kappa shape index (κ1) is 17.2. The third-order valence-corrected chi connectivity index (χ3v) is 3.25. The fourth-order valence-corrected chi connectivity index (χ4v) is 2.22. The summed E-state index contributed by atoms with van der Waals surface area (Å²) in [4.78, 5) is 0. The molecule has 0 aliphatic rings. The van der Waals surface area contributed by atoms with Gasteiger partial charge in [0.1, 0.15) is 0 Å². The van der Waals surface area contributed by atoms with Crippen LogP contribution in [0.4, 0.5) is 0 Å². The van der Waals surface area contributed by atoms with Crippen molar-refractivity contribution in [1.82, 2.24) is 14.9 Å². The molecular weight excluding hydrogens is 312 g/mol. The molecule has 0 spiro atoms. The summed E-state index contributed by atoms with van der Waals surface area (Å²) >= 11 is 5.18. The number of aryl methyl sites for hydroxylation is 1. The second-order valence-corrected chi connectivity index (χ2v) is 5.55. The van der Waals surface area contributed by atoms with Gasteiger partial charge in [-0.25, -0.2) is 0 Å². The molecule has 0 aliphatic carbocycles. The van der Waals surface area contributed by atoms with Gasteiger partial charge in [-0.2, -0.15) is 14.9 Å². The topological polar surface area (TPSA) is 64.4 Å². The Balaban J connectivity index is 2.29. The standard InChI is InChI=1S/C16H22N4O2S/c1-5-15-18-19-16(23)20(15)17-10-12-7-8-13(22-11(3)4)14(9-12)21-6-2/h7-11H,5-6H2,1-4H3,(H,19,23)/b17-10-. The van der Waals surface area contributed by atoms with Gasteiger partial charge in [-0.05, 0) is 56.8 Å². The summed E-state index contributed by atoms with van der Waals surface area (Å²) in [7, 11) is 0. The Labute approximate surface area is 141 Å². The molecule has 1 N–H and O–H groups in total. The van der Waals surface area contributed by atoms with Crippen LogP contribution in [0.2, 0.25) is 0 Å². The molecule has 124 valence electrons. The van der Waals surface area contributed by atoms with Gasteiger partial charge >= 0.3 is 0 Å². The largest absolute Gasteiger partial charge is 0.490 e. The molecule has 0 bridgehead atoms. The highest BCUT2D eigenvalue weighted by Gasteiger charge is 2.08. The molecule has 1 aromatic carbocycles. The molecule has 0 saturated heterocycles. The van der Waals surface area contributed by atoms with Crippen LogP contribution in [-0.4, -0.2) is 33.8 Å². The first-order chi connectivity index (χ1) is 11.0. The summed E-state index contributed by atoms with van der Waals surface area (Å²) in [5, 5.41) is 11.3. The van der Waals surface area contributed by atoms with Crippen molar-refractivity contribution in [3.63, 3.8) is 0 Å². The summed E-state index contributed by atoms with van der Waals surface area (Å²) < 4.78 is 13.5. The zero-order valence-corrected chi connectivity index (χ0v) is 14.7. The first-order valence-electron chi connectivity index (χ1n) is 7.69. The van der Waals surface area contributed by atoms with Gasteiger partial charge in [-0.15, -0.1) is 0 Å². The number of aromatic nitrogens is 3. The van der Waals surface area contributed by atoms with Crippen LogP contribution in [0.25, 0.3) is 0 Å². The number of nitrogens with zero attached hydrogens (tertiary/aromatic N) is 3. The van der Waals surface area contributed by atoms with Gasteiger partial charge in [0, 0.05) is 6.42 Å². The van der Waals surface area contributed by atoms with E-state index in [1.165, 1.54) is 0 Å². The van der Waals surface area contributed by atoms with Crippen LogP contribution in [0.5, 0.6) is 11.5 Å². The normalized spacial score (nSPS) is 11.3. The van der Waals surface area contributed by atoms with Gasteiger partial charge in [0.25, 0.3) is 0 Å². The van der Waals surface area contributed by atoms with Gasteiger partial charge in [0.15, 0.2) is 17.3 Å². The van der Waals surface area contributed by atoms with Gasteiger partial charge < -0.3 is 9.47 Å². The molecule has 0 amide bonds. The van der Waals surface area contributed by atoms with Crippen LogP contribution < -0.4 is 9.47 Å². The quantitative estimate of drug-likeness (QED) is 0.621.